The van der Waals surface area contributed by atoms with Crippen molar-refractivity contribution in [3.05, 3.63) is 95.4 Å². The average Bonchev–Trinajstić information content (AvgIpc) is 3.40. The van der Waals surface area contributed by atoms with Gasteiger partial charge in [-0.2, -0.15) is 0 Å². The molecule has 1 atom stereocenters. The van der Waals surface area contributed by atoms with Crippen molar-refractivity contribution in [2.24, 2.45) is 5.92 Å². The smallest absolute Gasteiger partial charge is 0.287 e. The maximum Gasteiger partial charge on any atom is 0.287 e. The highest BCUT2D eigenvalue weighted by atomic mass is 19.1. The Morgan fingerprint density at radius 1 is 0.857 bits per heavy atom. The second-order valence-electron chi connectivity index (χ2n) is 9.04. The third-order valence-electron chi connectivity index (χ3n) is 6.33. The molecule has 0 spiro atoms. The Hall–Kier alpha value is -3.52. The zero-order valence-corrected chi connectivity index (χ0v) is 19.8. The van der Waals surface area contributed by atoms with Crippen molar-refractivity contribution in [3.63, 3.8) is 0 Å². The Morgan fingerprint density at radius 3 is 1.86 bits per heavy atom. The number of hydrogen-bond acceptors (Lipinski definition) is 4. The molecule has 1 N–H and O–H groups in total. The molecule has 0 radical (unpaired) electrons. The van der Waals surface area contributed by atoms with Gasteiger partial charge in [0.25, 0.3) is 5.91 Å². The first-order chi connectivity index (χ1) is 16.8. The van der Waals surface area contributed by atoms with Gasteiger partial charge in [-0.25, -0.2) is 8.78 Å². The summed E-state index contributed by atoms with van der Waals surface area (Å²) in [7, 11) is 0. The normalized spacial score (nSPS) is 15.4. The van der Waals surface area contributed by atoms with Gasteiger partial charge in [-0.05, 0) is 53.4 Å². The molecule has 0 unspecified atom stereocenters. The summed E-state index contributed by atoms with van der Waals surface area (Å²) in [5, 5.41) is 2.80. The first kappa shape index (κ1) is 24.6. The number of amides is 2. The molecule has 1 aliphatic rings. The third-order valence-corrected chi connectivity index (χ3v) is 6.33. The Balaban J connectivity index is 1.47. The van der Waals surface area contributed by atoms with E-state index in [0.717, 1.165) is 11.1 Å². The van der Waals surface area contributed by atoms with Gasteiger partial charge in [0.15, 0.2) is 5.76 Å². The molecular weight excluding hydrogens is 452 g/mol. The number of benzene rings is 2. The molecule has 1 saturated heterocycles. The third kappa shape index (κ3) is 5.77. The molecule has 3 aromatic rings. The van der Waals surface area contributed by atoms with Gasteiger partial charge in [-0.1, -0.05) is 38.1 Å². The number of carbonyl (C=O) groups excluding carboxylic acids is 2. The number of nitrogens with zero attached hydrogens (tertiary/aromatic N) is 2. The van der Waals surface area contributed by atoms with Gasteiger partial charge in [0.2, 0.25) is 5.91 Å². The van der Waals surface area contributed by atoms with E-state index in [2.05, 4.69) is 10.2 Å². The zero-order chi connectivity index (χ0) is 24.9. The summed E-state index contributed by atoms with van der Waals surface area (Å²) < 4.78 is 32.3. The largest absolute Gasteiger partial charge is 0.459 e. The van der Waals surface area contributed by atoms with Gasteiger partial charge in [0.05, 0.1) is 12.3 Å². The summed E-state index contributed by atoms with van der Waals surface area (Å²) in [5.41, 5.74) is 1.78. The number of hydrogen-bond donors (Lipinski definition) is 1. The number of halogens is 2. The van der Waals surface area contributed by atoms with Crippen molar-refractivity contribution < 1.29 is 22.8 Å². The molecule has 184 valence electrons. The minimum absolute atomic E-state index is 0.106. The summed E-state index contributed by atoms with van der Waals surface area (Å²) >= 11 is 0. The molecule has 1 fully saturated rings. The molecule has 1 aromatic heterocycles. The first-order valence-electron chi connectivity index (χ1n) is 11.7. The van der Waals surface area contributed by atoms with Crippen molar-refractivity contribution in [3.8, 4) is 0 Å². The molecule has 2 heterocycles. The summed E-state index contributed by atoms with van der Waals surface area (Å²) in [6.07, 6.45) is 1.42. The summed E-state index contributed by atoms with van der Waals surface area (Å²) in [6, 6.07) is 14.9. The van der Waals surface area contributed by atoms with Crippen LogP contribution in [0.25, 0.3) is 0 Å². The van der Waals surface area contributed by atoms with Crippen LogP contribution in [0.3, 0.4) is 0 Å². The average molecular weight is 482 g/mol. The van der Waals surface area contributed by atoms with Gasteiger partial charge in [0, 0.05) is 26.2 Å². The van der Waals surface area contributed by atoms with E-state index in [0.29, 0.717) is 26.2 Å². The molecule has 6 nitrogen and oxygen atoms in total. The quantitative estimate of drug-likeness (QED) is 0.548. The van der Waals surface area contributed by atoms with Crippen LogP contribution >= 0.6 is 0 Å². The fraction of sp³-hybridized carbons (Fsp3) is 0.333. The lowest BCUT2D eigenvalue weighted by atomic mass is 9.96. The number of furan rings is 1. The predicted molar refractivity (Wildman–Crippen MR) is 128 cm³/mol. The van der Waals surface area contributed by atoms with Crippen LogP contribution in [0, 0.1) is 17.6 Å². The van der Waals surface area contributed by atoms with E-state index in [-0.39, 0.29) is 35.3 Å². The molecular formula is C27H29F2N3O3. The molecule has 0 bridgehead atoms. The van der Waals surface area contributed by atoms with Crippen molar-refractivity contribution in [2.45, 2.75) is 25.9 Å². The van der Waals surface area contributed by atoms with Gasteiger partial charge >= 0.3 is 0 Å². The van der Waals surface area contributed by atoms with Crippen LogP contribution < -0.4 is 5.32 Å². The SMILES string of the molecule is CC(C)[C@H](NC(=O)c1ccco1)C(=O)N1CCN(C(c2ccc(F)cc2)c2ccc(F)cc2)CC1. The number of carbonyl (C=O) groups is 2. The van der Waals surface area contributed by atoms with Gasteiger partial charge < -0.3 is 14.6 Å². The van der Waals surface area contributed by atoms with Crippen LogP contribution in [-0.4, -0.2) is 53.8 Å². The lowest BCUT2D eigenvalue weighted by Gasteiger charge is -2.41. The fourth-order valence-electron chi connectivity index (χ4n) is 4.44. The second-order valence-corrected chi connectivity index (χ2v) is 9.04. The van der Waals surface area contributed by atoms with Gasteiger partial charge in [-0.15, -0.1) is 0 Å². The van der Waals surface area contributed by atoms with E-state index in [1.165, 1.54) is 30.5 Å². The Morgan fingerprint density at radius 2 is 1.40 bits per heavy atom. The molecule has 1 aliphatic heterocycles. The van der Waals surface area contributed by atoms with Crippen LogP contribution in [0.15, 0.2) is 71.3 Å². The van der Waals surface area contributed by atoms with Crippen molar-refractivity contribution >= 4 is 11.8 Å². The monoisotopic (exact) mass is 481 g/mol. The highest BCUT2D eigenvalue weighted by molar-refractivity contribution is 5.95. The van der Waals surface area contributed by atoms with E-state index in [1.807, 2.05) is 13.8 Å². The van der Waals surface area contributed by atoms with Gasteiger partial charge in [-0.3, -0.25) is 14.5 Å². The molecule has 35 heavy (non-hydrogen) atoms. The summed E-state index contributed by atoms with van der Waals surface area (Å²) in [6.45, 7) is 5.86. The van der Waals surface area contributed by atoms with Crippen LogP contribution in [0.1, 0.15) is 41.6 Å². The summed E-state index contributed by atoms with van der Waals surface area (Å²) in [5.74, 6) is -1.15. The highest BCUT2D eigenvalue weighted by Crippen LogP contribution is 2.30. The lowest BCUT2D eigenvalue weighted by Crippen LogP contribution is -2.56. The maximum absolute atomic E-state index is 13.6. The van der Waals surface area contributed by atoms with Crippen molar-refractivity contribution in [2.75, 3.05) is 26.2 Å². The standard InChI is InChI=1S/C27H29F2N3O3/c1-18(2)24(30-26(33)23-4-3-17-35-23)27(34)32-15-13-31(14-16-32)25(19-5-9-21(28)10-6-19)20-7-11-22(29)12-8-20/h3-12,17-18,24-25H,13-16H2,1-2H3,(H,30,33)/t24-/m0/s1. The predicted octanol–water partition coefficient (Wildman–Crippen LogP) is 4.25. The van der Waals surface area contributed by atoms with E-state index in [1.54, 1.807) is 41.3 Å². The van der Waals surface area contributed by atoms with E-state index >= 15 is 0 Å². The molecule has 0 aliphatic carbocycles. The van der Waals surface area contributed by atoms with Crippen molar-refractivity contribution in [1.82, 2.24) is 15.1 Å². The van der Waals surface area contributed by atoms with Crippen molar-refractivity contribution in [1.29, 1.82) is 0 Å². The van der Waals surface area contributed by atoms with Crippen LogP contribution in [0.2, 0.25) is 0 Å². The Labute approximate surface area is 203 Å². The maximum atomic E-state index is 13.6. The Kier molecular flexibility index (Phi) is 7.60. The topological polar surface area (TPSA) is 65.8 Å². The molecule has 2 amide bonds. The number of nitrogens with one attached hydrogen (secondary N) is 1. The number of rotatable bonds is 7. The van der Waals surface area contributed by atoms with E-state index in [4.69, 9.17) is 4.42 Å². The molecule has 8 heteroatoms. The van der Waals surface area contributed by atoms with E-state index in [9.17, 15) is 18.4 Å². The Bertz CT molecular complexity index is 1080. The number of piperazine rings is 1. The second kappa shape index (κ2) is 10.8. The van der Waals surface area contributed by atoms with Gasteiger partial charge in [0.1, 0.15) is 17.7 Å². The molecule has 4 rings (SSSR count). The minimum atomic E-state index is -0.677. The summed E-state index contributed by atoms with van der Waals surface area (Å²) in [4.78, 5) is 29.8. The lowest BCUT2D eigenvalue weighted by molar-refractivity contribution is -0.136. The van der Waals surface area contributed by atoms with Crippen LogP contribution in [0.4, 0.5) is 8.78 Å². The van der Waals surface area contributed by atoms with Crippen LogP contribution in [0.5, 0.6) is 0 Å². The molecule has 2 aromatic carbocycles. The van der Waals surface area contributed by atoms with Crippen LogP contribution in [-0.2, 0) is 4.79 Å². The van der Waals surface area contributed by atoms with E-state index < -0.39 is 11.9 Å². The highest BCUT2D eigenvalue weighted by Gasteiger charge is 2.33. The fourth-order valence-corrected chi connectivity index (χ4v) is 4.44. The molecule has 0 saturated carbocycles. The zero-order valence-electron chi connectivity index (χ0n) is 19.8. The first-order valence-corrected chi connectivity index (χ1v) is 11.7. The minimum Gasteiger partial charge on any atom is -0.459 e.